The molecule has 1 unspecified atom stereocenters. The molecule has 3 rings (SSSR count). The maximum Gasteiger partial charge on any atom is 0.244 e. The molecular formula is C18H20N2O. The van der Waals surface area contributed by atoms with Crippen LogP contribution in [0.3, 0.4) is 0 Å². The summed E-state index contributed by atoms with van der Waals surface area (Å²) in [5.41, 5.74) is 9.49. The molecule has 0 bridgehead atoms. The number of para-hydroxylation sites is 1. The number of amides is 1. The van der Waals surface area contributed by atoms with Gasteiger partial charge < -0.3 is 10.6 Å². The van der Waals surface area contributed by atoms with Crippen LogP contribution in [0.1, 0.15) is 18.1 Å². The van der Waals surface area contributed by atoms with Crippen molar-refractivity contribution in [3.05, 3.63) is 65.7 Å². The lowest BCUT2D eigenvalue weighted by Gasteiger charge is -2.26. The predicted octanol–water partition coefficient (Wildman–Crippen LogP) is 2.53. The van der Waals surface area contributed by atoms with Gasteiger partial charge in [0, 0.05) is 11.7 Å². The molecular weight excluding hydrogens is 260 g/mol. The van der Waals surface area contributed by atoms with Crippen molar-refractivity contribution in [1.82, 2.24) is 0 Å². The second kappa shape index (κ2) is 5.70. The molecule has 1 aliphatic rings. The molecule has 0 aliphatic carbocycles. The van der Waals surface area contributed by atoms with E-state index in [1.165, 1.54) is 5.56 Å². The number of nitrogens with two attached hydrogens (primary N) is 1. The number of carbonyl (C=O) groups excluding carboxylic acids is 1. The lowest BCUT2D eigenvalue weighted by Crippen LogP contribution is -2.47. The number of nitrogens with zero attached hydrogens (tertiary/aromatic N) is 1. The minimum atomic E-state index is -0.499. The van der Waals surface area contributed by atoms with Crippen LogP contribution in [0.2, 0.25) is 0 Å². The Kier molecular flexibility index (Phi) is 3.76. The Labute approximate surface area is 125 Å². The first-order chi connectivity index (χ1) is 10.2. The average Bonchev–Trinajstić information content (AvgIpc) is 2.83. The smallest absolute Gasteiger partial charge is 0.244 e. The van der Waals surface area contributed by atoms with E-state index in [4.69, 9.17) is 5.73 Å². The van der Waals surface area contributed by atoms with Gasteiger partial charge in [0.2, 0.25) is 5.91 Å². The highest BCUT2D eigenvalue weighted by atomic mass is 16.2. The zero-order valence-electron chi connectivity index (χ0n) is 12.2. The third kappa shape index (κ3) is 2.69. The van der Waals surface area contributed by atoms with Crippen LogP contribution in [-0.4, -0.2) is 18.0 Å². The molecule has 0 fully saturated rings. The van der Waals surface area contributed by atoms with Crippen molar-refractivity contribution in [3.8, 4) is 0 Å². The van der Waals surface area contributed by atoms with Crippen molar-refractivity contribution in [1.29, 1.82) is 0 Å². The highest BCUT2D eigenvalue weighted by Gasteiger charge is 2.33. The fourth-order valence-electron chi connectivity index (χ4n) is 3.04. The van der Waals surface area contributed by atoms with E-state index < -0.39 is 6.04 Å². The van der Waals surface area contributed by atoms with E-state index in [0.29, 0.717) is 6.42 Å². The Morgan fingerprint density at radius 3 is 2.62 bits per heavy atom. The summed E-state index contributed by atoms with van der Waals surface area (Å²) >= 11 is 0. The molecule has 2 atom stereocenters. The van der Waals surface area contributed by atoms with Gasteiger partial charge >= 0.3 is 0 Å². The number of fused-ring (bicyclic) bond motifs is 1. The summed E-state index contributed by atoms with van der Waals surface area (Å²) in [6.45, 7) is 2.08. The Hall–Kier alpha value is -2.13. The zero-order valence-corrected chi connectivity index (χ0v) is 12.2. The molecule has 0 saturated carbocycles. The molecule has 0 radical (unpaired) electrons. The average molecular weight is 280 g/mol. The van der Waals surface area contributed by atoms with Crippen molar-refractivity contribution >= 4 is 11.6 Å². The van der Waals surface area contributed by atoms with Crippen LogP contribution in [0, 0.1) is 0 Å². The molecule has 0 aromatic heterocycles. The van der Waals surface area contributed by atoms with Gasteiger partial charge in [0.1, 0.15) is 0 Å². The quantitative estimate of drug-likeness (QED) is 0.939. The summed E-state index contributed by atoms with van der Waals surface area (Å²) in [6.07, 6.45) is 1.48. The first-order valence-corrected chi connectivity index (χ1v) is 7.37. The summed E-state index contributed by atoms with van der Waals surface area (Å²) in [5.74, 6) is 0.0105. The number of hydrogen-bond donors (Lipinski definition) is 1. The fourth-order valence-corrected chi connectivity index (χ4v) is 3.04. The number of anilines is 1. The number of hydrogen-bond acceptors (Lipinski definition) is 2. The van der Waals surface area contributed by atoms with Crippen LogP contribution in [0.5, 0.6) is 0 Å². The second-order valence-electron chi connectivity index (χ2n) is 5.69. The maximum absolute atomic E-state index is 12.7. The van der Waals surface area contributed by atoms with Gasteiger partial charge in [-0.3, -0.25) is 4.79 Å². The van der Waals surface area contributed by atoms with Crippen molar-refractivity contribution in [2.75, 3.05) is 4.90 Å². The molecule has 3 nitrogen and oxygen atoms in total. The van der Waals surface area contributed by atoms with E-state index in [1.807, 2.05) is 53.4 Å². The first kappa shape index (κ1) is 13.8. The van der Waals surface area contributed by atoms with Crippen molar-refractivity contribution in [3.63, 3.8) is 0 Å². The van der Waals surface area contributed by atoms with Gasteiger partial charge in [0.05, 0.1) is 6.04 Å². The zero-order chi connectivity index (χ0) is 14.8. The summed E-state index contributed by atoms with van der Waals surface area (Å²) < 4.78 is 0. The molecule has 108 valence electrons. The Morgan fingerprint density at radius 1 is 1.19 bits per heavy atom. The van der Waals surface area contributed by atoms with E-state index in [2.05, 4.69) is 13.0 Å². The molecule has 0 saturated heterocycles. The monoisotopic (exact) mass is 280 g/mol. The number of benzene rings is 2. The van der Waals surface area contributed by atoms with Crippen LogP contribution in [-0.2, 0) is 17.6 Å². The molecule has 2 N–H and O–H groups in total. The van der Waals surface area contributed by atoms with Crippen LogP contribution in [0.15, 0.2) is 54.6 Å². The van der Waals surface area contributed by atoms with Gasteiger partial charge in [-0.25, -0.2) is 0 Å². The molecule has 1 aliphatic heterocycles. The molecule has 2 aromatic carbocycles. The molecule has 1 heterocycles. The third-order valence-corrected chi connectivity index (χ3v) is 4.06. The minimum Gasteiger partial charge on any atom is -0.320 e. The SMILES string of the molecule is CC1Cc2ccccc2N1C(=O)[C@@H](N)Cc1ccccc1. The minimum absolute atomic E-state index is 0.0105. The highest BCUT2D eigenvalue weighted by Crippen LogP contribution is 2.32. The largest absolute Gasteiger partial charge is 0.320 e. The van der Waals surface area contributed by atoms with Crippen LogP contribution >= 0.6 is 0 Å². The summed E-state index contributed by atoms with van der Waals surface area (Å²) in [4.78, 5) is 14.6. The standard InChI is InChI=1S/C18H20N2O/c1-13-11-15-9-5-6-10-17(15)20(13)18(21)16(19)12-14-7-3-2-4-8-14/h2-10,13,16H,11-12,19H2,1H3/t13?,16-/m0/s1. The Bertz CT molecular complexity index is 639. The van der Waals surface area contributed by atoms with E-state index in [0.717, 1.165) is 17.7 Å². The Balaban J connectivity index is 1.79. The van der Waals surface area contributed by atoms with E-state index >= 15 is 0 Å². The van der Waals surface area contributed by atoms with Gasteiger partial charge in [0.15, 0.2) is 0 Å². The fraction of sp³-hybridized carbons (Fsp3) is 0.278. The molecule has 21 heavy (non-hydrogen) atoms. The van der Waals surface area contributed by atoms with Gasteiger partial charge in [-0.2, -0.15) is 0 Å². The topological polar surface area (TPSA) is 46.3 Å². The normalized spacial score (nSPS) is 18.4. The van der Waals surface area contributed by atoms with E-state index in [-0.39, 0.29) is 11.9 Å². The molecule has 0 spiro atoms. The van der Waals surface area contributed by atoms with Crippen LogP contribution < -0.4 is 10.6 Å². The lowest BCUT2D eigenvalue weighted by atomic mass is 10.1. The van der Waals surface area contributed by atoms with Crippen molar-refractivity contribution in [2.24, 2.45) is 5.73 Å². The summed E-state index contributed by atoms with van der Waals surface area (Å²) in [7, 11) is 0. The van der Waals surface area contributed by atoms with Gasteiger partial charge in [0.25, 0.3) is 0 Å². The number of rotatable bonds is 3. The summed E-state index contributed by atoms with van der Waals surface area (Å²) in [5, 5.41) is 0. The number of carbonyl (C=O) groups is 1. The molecule has 3 heteroatoms. The molecule has 2 aromatic rings. The highest BCUT2D eigenvalue weighted by molar-refractivity contribution is 5.99. The van der Waals surface area contributed by atoms with Gasteiger partial charge in [-0.1, -0.05) is 48.5 Å². The van der Waals surface area contributed by atoms with Crippen molar-refractivity contribution in [2.45, 2.75) is 31.8 Å². The van der Waals surface area contributed by atoms with Gasteiger partial charge in [-0.05, 0) is 37.0 Å². The van der Waals surface area contributed by atoms with Gasteiger partial charge in [-0.15, -0.1) is 0 Å². The van der Waals surface area contributed by atoms with Crippen LogP contribution in [0.4, 0.5) is 5.69 Å². The predicted molar refractivity (Wildman–Crippen MR) is 85.2 cm³/mol. The maximum atomic E-state index is 12.7. The summed E-state index contributed by atoms with van der Waals surface area (Å²) in [6, 6.07) is 17.7. The van der Waals surface area contributed by atoms with E-state index in [1.54, 1.807) is 0 Å². The Morgan fingerprint density at radius 2 is 1.86 bits per heavy atom. The van der Waals surface area contributed by atoms with Crippen LogP contribution in [0.25, 0.3) is 0 Å². The third-order valence-electron chi connectivity index (χ3n) is 4.06. The van der Waals surface area contributed by atoms with Crippen molar-refractivity contribution < 1.29 is 4.79 Å². The second-order valence-corrected chi connectivity index (χ2v) is 5.69. The molecule has 1 amide bonds. The van der Waals surface area contributed by atoms with E-state index in [9.17, 15) is 4.79 Å². The lowest BCUT2D eigenvalue weighted by molar-refractivity contribution is -0.120. The first-order valence-electron chi connectivity index (χ1n) is 7.37.